The molecule has 0 spiro atoms. The van der Waals surface area contributed by atoms with Crippen molar-refractivity contribution in [2.24, 2.45) is 0 Å². The number of sulfonamides is 1. The van der Waals surface area contributed by atoms with Crippen LogP contribution < -0.4 is 5.11 Å². The van der Waals surface area contributed by atoms with Crippen LogP contribution in [0.2, 0.25) is 0 Å². The van der Waals surface area contributed by atoms with Crippen molar-refractivity contribution in [2.75, 3.05) is 6.54 Å². The zero-order chi connectivity index (χ0) is 13.9. The van der Waals surface area contributed by atoms with Crippen LogP contribution in [-0.4, -0.2) is 31.3 Å². The van der Waals surface area contributed by atoms with Crippen molar-refractivity contribution in [1.29, 1.82) is 0 Å². The molecule has 0 aromatic heterocycles. The standard InChI is InChI=1S/C13H17NO4S/c15-13(16)12-8-4-5-9-14(12)19(17,18)10-11-6-2-1-3-7-11/h1-3,6-7,12H,4-5,8-10H2,(H,15,16)/p-1. The van der Waals surface area contributed by atoms with E-state index < -0.39 is 22.0 Å². The highest BCUT2D eigenvalue weighted by molar-refractivity contribution is 7.88. The van der Waals surface area contributed by atoms with Crippen molar-refractivity contribution in [3.05, 3.63) is 35.9 Å². The third kappa shape index (κ3) is 3.33. The van der Waals surface area contributed by atoms with Gasteiger partial charge in [-0.15, -0.1) is 0 Å². The second kappa shape index (κ2) is 5.71. The van der Waals surface area contributed by atoms with Gasteiger partial charge in [0.25, 0.3) is 0 Å². The molecule has 1 heterocycles. The molecular formula is C13H16NO4S-. The van der Waals surface area contributed by atoms with Crippen LogP contribution in [0.3, 0.4) is 0 Å². The number of piperidine rings is 1. The van der Waals surface area contributed by atoms with Crippen molar-refractivity contribution in [1.82, 2.24) is 4.31 Å². The summed E-state index contributed by atoms with van der Waals surface area (Å²) in [4.78, 5) is 11.0. The Labute approximate surface area is 112 Å². The van der Waals surface area contributed by atoms with E-state index in [2.05, 4.69) is 0 Å². The number of hydrogen-bond donors (Lipinski definition) is 0. The maximum atomic E-state index is 12.3. The molecule has 104 valence electrons. The molecule has 0 N–H and O–H groups in total. The first-order chi connectivity index (χ1) is 9.00. The van der Waals surface area contributed by atoms with Crippen molar-refractivity contribution in [3.63, 3.8) is 0 Å². The molecule has 1 aromatic carbocycles. The van der Waals surface area contributed by atoms with E-state index in [1.807, 2.05) is 0 Å². The molecule has 1 saturated heterocycles. The smallest absolute Gasteiger partial charge is 0.218 e. The van der Waals surface area contributed by atoms with E-state index in [1.54, 1.807) is 30.3 Å². The van der Waals surface area contributed by atoms with Crippen LogP contribution in [0.25, 0.3) is 0 Å². The number of carbonyl (C=O) groups excluding carboxylic acids is 1. The number of nitrogens with zero attached hydrogens (tertiary/aromatic N) is 1. The molecule has 0 saturated carbocycles. The quantitative estimate of drug-likeness (QED) is 0.786. The molecule has 1 aliphatic heterocycles. The summed E-state index contributed by atoms with van der Waals surface area (Å²) in [5.41, 5.74) is 0.658. The van der Waals surface area contributed by atoms with E-state index in [4.69, 9.17) is 0 Å². The highest BCUT2D eigenvalue weighted by Crippen LogP contribution is 2.22. The van der Waals surface area contributed by atoms with E-state index in [-0.39, 0.29) is 12.3 Å². The first-order valence-corrected chi connectivity index (χ1v) is 7.86. The first-order valence-electron chi connectivity index (χ1n) is 6.25. The van der Waals surface area contributed by atoms with Crippen molar-refractivity contribution < 1.29 is 18.3 Å². The van der Waals surface area contributed by atoms with Crippen LogP contribution in [0.15, 0.2) is 30.3 Å². The summed E-state index contributed by atoms with van der Waals surface area (Å²) >= 11 is 0. The molecule has 0 radical (unpaired) electrons. The molecule has 0 amide bonds. The lowest BCUT2D eigenvalue weighted by Gasteiger charge is -2.35. The van der Waals surface area contributed by atoms with Gasteiger partial charge in [0.05, 0.1) is 17.8 Å². The summed E-state index contributed by atoms with van der Waals surface area (Å²) in [6.45, 7) is 0.258. The molecule has 0 bridgehead atoms. The second-order valence-corrected chi connectivity index (χ2v) is 6.60. The molecule has 1 fully saturated rings. The van der Waals surface area contributed by atoms with E-state index in [9.17, 15) is 18.3 Å². The number of aliphatic carboxylic acids is 1. The van der Waals surface area contributed by atoms with Crippen molar-refractivity contribution >= 4 is 16.0 Å². The predicted octanol–water partition coefficient (Wildman–Crippen LogP) is 0.121. The number of carboxylic acid groups (broad SMARTS) is 1. The van der Waals surface area contributed by atoms with Crippen molar-refractivity contribution in [2.45, 2.75) is 31.1 Å². The monoisotopic (exact) mass is 282 g/mol. The van der Waals surface area contributed by atoms with E-state index in [0.29, 0.717) is 18.4 Å². The zero-order valence-corrected chi connectivity index (χ0v) is 11.3. The van der Waals surface area contributed by atoms with Gasteiger partial charge in [-0.05, 0) is 18.4 Å². The molecule has 2 rings (SSSR count). The Bertz CT molecular complexity index is 541. The van der Waals surface area contributed by atoms with Gasteiger partial charge in [-0.1, -0.05) is 36.8 Å². The number of carbonyl (C=O) groups is 1. The van der Waals surface area contributed by atoms with Crippen LogP contribution >= 0.6 is 0 Å². The molecule has 1 aromatic rings. The third-order valence-corrected chi connectivity index (χ3v) is 5.12. The molecule has 1 unspecified atom stereocenters. The minimum Gasteiger partial charge on any atom is -0.548 e. The average molecular weight is 282 g/mol. The van der Waals surface area contributed by atoms with E-state index in [0.717, 1.165) is 10.7 Å². The minimum absolute atomic E-state index is 0.169. The van der Waals surface area contributed by atoms with Gasteiger partial charge in [-0.2, -0.15) is 4.31 Å². The lowest BCUT2D eigenvalue weighted by Crippen LogP contribution is -2.53. The van der Waals surface area contributed by atoms with Crippen LogP contribution in [-0.2, 0) is 20.6 Å². The first kappa shape index (κ1) is 14.0. The summed E-state index contributed by atoms with van der Waals surface area (Å²) in [5.74, 6) is -1.48. The molecule has 19 heavy (non-hydrogen) atoms. The van der Waals surface area contributed by atoms with Gasteiger partial charge in [0.1, 0.15) is 0 Å². The van der Waals surface area contributed by atoms with Gasteiger partial charge in [0.15, 0.2) is 0 Å². The highest BCUT2D eigenvalue weighted by Gasteiger charge is 2.32. The Morgan fingerprint density at radius 2 is 1.95 bits per heavy atom. The summed E-state index contributed by atoms with van der Waals surface area (Å²) in [7, 11) is -3.62. The Hall–Kier alpha value is -1.40. The van der Waals surface area contributed by atoms with Gasteiger partial charge in [0, 0.05) is 6.54 Å². The second-order valence-electron chi connectivity index (χ2n) is 4.68. The Morgan fingerprint density at radius 1 is 1.26 bits per heavy atom. The fraction of sp³-hybridized carbons (Fsp3) is 0.462. The number of hydrogen-bond acceptors (Lipinski definition) is 4. The number of rotatable bonds is 4. The lowest BCUT2D eigenvalue weighted by atomic mass is 10.1. The molecule has 6 heteroatoms. The Balaban J connectivity index is 2.20. The van der Waals surface area contributed by atoms with Gasteiger partial charge in [-0.3, -0.25) is 0 Å². The summed E-state index contributed by atoms with van der Waals surface area (Å²) in [6.07, 6.45) is 1.74. The molecular weight excluding hydrogens is 266 g/mol. The Morgan fingerprint density at radius 3 is 2.58 bits per heavy atom. The summed E-state index contributed by atoms with van der Waals surface area (Å²) < 4.78 is 25.7. The van der Waals surface area contributed by atoms with Gasteiger partial charge >= 0.3 is 0 Å². The molecule has 1 atom stereocenters. The van der Waals surface area contributed by atoms with Crippen LogP contribution in [0, 0.1) is 0 Å². The zero-order valence-electron chi connectivity index (χ0n) is 10.5. The predicted molar refractivity (Wildman–Crippen MR) is 68.4 cm³/mol. The van der Waals surface area contributed by atoms with Crippen LogP contribution in [0.4, 0.5) is 0 Å². The molecule has 1 aliphatic rings. The minimum atomic E-state index is -3.62. The summed E-state index contributed by atoms with van der Waals surface area (Å²) in [5, 5.41) is 11.0. The fourth-order valence-electron chi connectivity index (χ4n) is 2.34. The van der Waals surface area contributed by atoms with Gasteiger partial charge < -0.3 is 9.90 Å². The van der Waals surface area contributed by atoms with E-state index in [1.165, 1.54) is 0 Å². The fourth-order valence-corrected chi connectivity index (χ4v) is 4.11. The Kier molecular flexibility index (Phi) is 4.21. The highest BCUT2D eigenvalue weighted by atomic mass is 32.2. The lowest BCUT2D eigenvalue weighted by molar-refractivity contribution is -0.311. The number of benzene rings is 1. The summed E-state index contributed by atoms with van der Waals surface area (Å²) in [6, 6.07) is 7.74. The SMILES string of the molecule is O=C([O-])C1CCCCN1S(=O)(=O)Cc1ccccc1. The van der Waals surface area contributed by atoms with Crippen LogP contribution in [0.5, 0.6) is 0 Å². The van der Waals surface area contributed by atoms with E-state index >= 15 is 0 Å². The third-order valence-electron chi connectivity index (χ3n) is 3.27. The van der Waals surface area contributed by atoms with Gasteiger partial charge in [-0.25, -0.2) is 8.42 Å². The largest absolute Gasteiger partial charge is 0.548 e. The molecule has 5 nitrogen and oxygen atoms in total. The van der Waals surface area contributed by atoms with Crippen LogP contribution in [0.1, 0.15) is 24.8 Å². The topological polar surface area (TPSA) is 77.5 Å². The number of carboxylic acids is 1. The van der Waals surface area contributed by atoms with Gasteiger partial charge in [0.2, 0.25) is 10.0 Å². The maximum Gasteiger partial charge on any atom is 0.218 e. The normalized spacial score (nSPS) is 21.2. The molecule has 0 aliphatic carbocycles. The average Bonchev–Trinajstić information content (AvgIpc) is 2.39. The maximum absolute atomic E-state index is 12.3. The van der Waals surface area contributed by atoms with Crippen molar-refractivity contribution in [3.8, 4) is 0 Å².